The third-order valence-electron chi connectivity index (χ3n) is 2.38. The van der Waals surface area contributed by atoms with Gasteiger partial charge in [0.15, 0.2) is 6.10 Å². The molecule has 5 nitrogen and oxygen atoms in total. The molecule has 1 unspecified atom stereocenters. The van der Waals surface area contributed by atoms with Gasteiger partial charge in [-0.15, -0.1) is 0 Å². The zero-order valence-electron chi connectivity index (χ0n) is 10.4. The summed E-state index contributed by atoms with van der Waals surface area (Å²) in [5.41, 5.74) is 0. The largest absolute Gasteiger partial charge is 0.481 e. The molecule has 0 saturated heterocycles. The number of hydrogen-bond acceptors (Lipinski definition) is 4. The van der Waals surface area contributed by atoms with Crippen LogP contribution in [0.3, 0.4) is 0 Å². The summed E-state index contributed by atoms with van der Waals surface area (Å²) in [6.07, 6.45) is 4.31. The van der Waals surface area contributed by atoms with Crippen molar-refractivity contribution < 1.29 is 24.5 Å². The molecule has 0 aliphatic carbocycles. The van der Waals surface area contributed by atoms with Crippen molar-refractivity contribution in [1.29, 1.82) is 0 Å². The molecule has 0 aromatic carbocycles. The summed E-state index contributed by atoms with van der Waals surface area (Å²) >= 11 is 0. The SMILES string of the molecule is CCCCCCCCOC(=O)C(O)CC(=O)O. The van der Waals surface area contributed by atoms with E-state index in [0.29, 0.717) is 0 Å². The van der Waals surface area contributed by atoms with Crippen LogP contribution in [-0.2, 0) is 14.3 Å². The molecule has 0 fully saturated rings. The van der Waals surface area contributed by atoms with Gasteiger partial charge in [-0.05, 0) is 6.42 Å². The van der Waals surface area contributed by atoms with Crippen molar-refractivity contribution in [3.05, 3.63) is 0 Å². The maximum atomic E-state index is 11.1. The van der Waals surface area contributed by atoms with Crippen LogP contribution in [0.15, 0.2) is 0 Å². The van der Waals surface area contributed by atoms with Gasteiger partial charge in [-0.2, -0.15) is 0 Å². The monoisotopic (exact) mass is 246 g/mol. The van der Waals surface area contributed by atoms with Crippen LogP contribution >= 0.6 is 0 Å². The number of carboxylic acid groups (broad SMARTS) is 1. The van der Waals surface area contributed by atoms with Gasteiger partial charge in [0.05, 0.1) is 13.0 Å². The number of hydrogen-bond donors (Lipinski definition) is 2. The maximum absolute atomic E-state index is 11.1. The summed E-state index contributed by atoms with van der Waals surface area (Å²) < 4.78 is 4.76. The number of rotatable bonds is 10. The molecular weight excluding hydrogens is 224 g/mol. The number of ether oxygens (including phenoxy) is 1. The first-order valence-electron chi connectivity index (χ1n) is 6.14. The molecular formula is C12H22O5. The van der Waals surface area contributed by atoms with Crippen LogP contribution in [0.1, 0.15) is 51.9 Å². The molecule has 0 aromatic heterocycles. The van der Waals surface area contributed by atoms with Crippen molar-refractivity contribution in [3.63, 3.8) is 0 Å². The van der Waals surface area contributed by atoms with Gasteiger partial charge < -0.3 is 14.9 Å². The van der Waals surface area contributed by atoms with Gasteiger partial charge in [-0.3, -0.25) is 4.79 Å². The Bertz CT molecular complexity index is 227. The first-order valence-corrected chi connectivity index (χ1v) is 6.14. The molecule has 0 rings (SSSR count). The van der Waals surface area contributed by atoms with E-state index >= 15 is 0 Å². The Kier molecular flexibility index (Phi) is 9.43. The predicted molar refractivity (Wildman–Crippen MR) is 62.6 cm³/mol. The zero-order chi connectivity index (χ0) is 13.1. The first kappa shape index (κ1) is 15.9. The van der Waals surface area contributed by atoms with E-state index in [2.05, 4.69) is 6.92 Å². The van der Waals surface area contributed by atoms with Crippen molar-refractivity contribution in [2.24, 2.45) is 0 Å². The highest BCUT2D eigenvalue weighted by atomic mass is 16.5. The molecule has 5 heteroatoms. The number of carbonyl (C=O) groups is 2. The molecule has 100 valence electrons. The Morgan fingerprint density at radius 1 is 1.12 bits per heavy atom. The zero-order valence-corrected chi connectivity index (χ0v) is 10.4. The van der Waals surface area contributed by atoms with Crippen LogP contribution in [-0.4, -0.2) is 34.9 Å². The fourth-order valence-electron chi connectivity index (χ4n) is 1.40. The van der Waals surface area contributed by atoms with Gasteiger partial charge in [-0.1, -0.05) is 39.0 Å². The van der Waals surface area contributed by atoms with E-state index in [0.717, 1.165) is 19.3 Å². The number of esters is 1. The number of aliphatic hydroxyl groups is 1. The number of carbonyl (C=O) groups excluding carboxylic acids is 1. The fraction of sp³-hybridized carbons (Fsp3) is 0.833. The molecule has 0 aliphatic rings. The van der Waals surface area contributed by atoms with Gasteiger partial charge in [0.1, 0.15) is 0 Å². The lowest BCUT2D eigenvalue weighted by Crippen LogP contribution is -2.26. The van der Waals surface area contributed by atoms with E-state index in [-0.39, 0.29) is 6.61 Å². The Hall–Kier alpha value is -1.10. The topological polar surface area (TPSA) is 83.8 Å². The number of aliphatic hydroxyl groups excluding tert-OH is 1. The molecule has 0 radical (unpaired) electrons. The van der Waals surface area contributed by atoms with Gasteiger partial charge in [-0.25, -0.2) is 4.79 Å². The second-order valence-electron chi connectivity index (χ2n) is 4.05. The molecule has 0 heterocycles. The van der Waals surface area contributed by atoms with Crippen LogP contribution < -0.4 is 0 Å². The van der Waals surface area contributed by atoms with Crippen LogP contribution in [0, 0.1) is 0 Å². The second kappa shape index (κ2) is 10.1. The van der Waals surface area contributed by atoms with Crippen molar-refractivity contribution in [1.82, 2.24) is 0 Å². The highest BCUT2D eigenvalue weighted by Gasteiger charge is 2.19. The molecule has 0 saturated carbocycles. The summed E-state index contributed by atoms with van der Waals surface area (Å²) in [5.74, 6) is -2.06. The number of unbranched alkanes of at least 4 members (excludes halogenated alkanes) is 5. The molecule has 0 spiro atoms. The average Bonchev–Trinajstić information content (AvgIpc) is 2.26. The number of carboxylic acids is 1. The van der Waals surface area contributed by atoms with Crippen molar-refractivity contribution >= 4 is 11.9 Å². The molecule has 1 atom stereocenters. The third kappa shape index (κ3) is 9.81. The Balaban J connectivity index is 3.41. The Morgan fingerprint density at radius 3 is 2.29 bits per heavy atom. The van der Waals surface area contributed by atoms with Crippen molar-refractivity contribution in [2.75, 3.05) is 6.61 Å². The van der Waals surface area contributed by atoms with Gasteiger partial charge in [0.2, 0.25) is 0 Å². The van der Waals surface area contributed by atoms with Crippen molar-refractivity contribution in [2.45, 2.75) is 58.0 Å². The van der Waals surface area contributed by atoms with Crippen LogP contribution in [0.4, 0.5) is 0 Å². The molecule has 0 amide bonds. The number of aliphatic carboxylic acids is 1. The van der Waals surface area contributed by atoms with E-state index in [1.807, 2.05) is 0 Å². The van der Waals surface area contributed by atoms with Crippen LogP contribution in [0.2, 0.25) is 0 Å². The van der Waals surface area contributed by atoms with Gasteiger partial charge in [0, 0.05) is 0 Å². The minimum Gasteiger partial charge on any atom is -0.481 e. The smallest absolute Gasteiger partial charge is 0.335 e. The summed E-state index contributed by atoms with van der Waals surface area (Å²) in [7, 11) is 0. The summed E-state index contributed by atoms with van der Waals surface area (Å²) in [6, 6.07) is 0. The normalized spacial score (nSPS) is 12.1. The average molecular weight is 246 g/mol. The third-order valence-corrected chi connectivity index (χ3v) is 2.38. The fourth-order valence-corrected chi connectivity index (χ4v) is 1.40. The lowest BCUT2D eigenvalue weighted by Gasteiger charge is -2.08. The van der Waals surface area contributed by atoms with Crippen LogP contribution in [0.25, 0.3) is 0 Å². The predicted octanol–water partition coefficient (Wildman–Crippen LogP) is 1.73. The molecule has 0 aromatic rings. The minimum absolute atomic E-state index is 0.252. The summed E-state index contributed by atoms with van der Waals surface area (Å²) in [4.78, 5) is 21.3. The maximum Gasteiger partial charge on any atom is 0.335 e. The highest BCUT2D eigenvalue weighted by molar-refractivity contribution is 5.80. The molecule has 0 bridgehead atoms. The molecule has 0 aliphatic heterocycles. The Labute approximate surface area is 102 Å². The second-order valence-corrected chi connectivity index (χ2v) is 4.05. The van der Waals surface area contributed by atoms with Crippen LogP contribution in [0.5, 0.6) is 0 Å². The quantitative estimate of drug-likeness (QED) is 0.453. The Morgan fingerprint density at radius 2 is 1.71 bits per heavy atom. The van der Waals surface area contributed by atoms with Crippen molar-refractivity contribution in [3.8, 4) is 0 Å². The lowest BCUT2D eigenvalue weighted by atomic mass is 10.1. The van der Waals surface area contributed by atoms with E-state index in [1.165, 1.54) is 19.3 Å². The van der Waals surface area contributed by atoms with E-state index in [4.69, 9.17) is 14.9 Å². The van der Waals surface area contributed by atoms with Gasteiger partial charge >= 0.3 is 11.9 Å². The standard InChI is InChI=1S/C12H22O5/c1-2-3-4-5-6-7-8-17-12(16)10(13)9-11(14)15/h10,13H,2-9H2,1H3,(H,14,15). The lowest BCUT2D eigenvalue weighted by molar-refractivity contribution is -0.158. The van der Waals surface area contributed by atoms with E-state index in [1.54, 1.807) is 0 Å². The highest BCUT2D eigenvalue weighted by Crippen LogP contribution is 2.05. The molecule has 17 heavy (non-hydrogen) atoms. The summed E-state index contributed by atoms with van der Waals surface area (Å²) in [5, 5.41) is 17.5. The van der Waals surface area contributed by atoms with E-state index in [9.17, 15) is 9.59 Å². The van der Waals surface area contributed by atoms with Gasteiger partial charge in [0.25, 0.3) is 0 Å². The molecule has 2 N–H and O–H groups in total. The first-order chi connectivity index (χ1) is 8.07. The summed E-state index contributed by atoms with van der Waals surface area (Å²) in [6.45, 7) is 2.40. The van der Waals surface area contributed by atoms with E-state index < -0.39 is 24.5 Å². The minimum atomic E-state index is -1.55.